The molecule has 1 aromatic carbocycles. The molecule has 4 heteroatoms. The van der Waals surface area contributed by atoms with Crippen LogP contribution in [-0.4, -0.2) is 50.5 Å². The van der Waals surface area contributed by atoms with Crippen molar-refractivity contribution in [3.8, 4) is 0 Å². The van der Waals surface area contributed by atoms with Crippen molar-refractivity contribution < 1.29 is 9.05 Å². The average molecular weight is 400 g/mol. The number of hydrogen-bond donors (Lipinski definition) is 1. The average Bonchev–Trinajstić information content (AvgIpc) is 2.69. The summed E-state index contributed by atoms with van der Waals surface area (Å²) in [5.41, 5.74) is 3.77. The Morgan fingerprint density at radius 2 is 1.68 bits per heavy atom. The zero-order chi connectivity index (χ0) is 20.4. The van der Waals surface area contributed by atoms with Crippen LogP contribution in [0.25, 0.3) is 12.2 Å². The van der Waals surface area contributed by atoms with Gasteiger partial charge in [-0.15, -0.1) is 0 Å². The monoisotopic (exact) mass is 399 g/mol. The minimum absolute atomic E-state index is 0.937. The molecule has 0 spiro atoms. The Morgan fingerprint density at radius 1 is 0.964 bits per heavy atom. The normalized spacial score (nSPS) is 11.9. The van der Waals surface area contributed by atoms with E-state index in [-0.39, 0.29) is 0 Å². The van der Waals surface area contributed by atoms with Crippen molar-refractivity contribution in [2.24, 2.45) is 0 Å². The second-order valence-corrected chi connectivity index (χ2v) is 8.32. The third-order valence-electron chi connectivity index (χ3n) is 5.31. The minimum Gasteiger partial charge on any atom is -0.372 e. The minimum atomic E-state index is 0.937. The Labute approximate surface area is 177 Å². The van der Waals surface area contributed by atoms with Crippen molar-refractivity contribution in [1.82, 2.24) is 0 Å². The first-order chi connectivity index (χ1) is 13.5. The van der Waals surface area contributed by atoms with Gasteiger partial charge in [-0.25, -0.2) is 0 Å². The Bertz CT molecular complexity index is 734. The fraction of sp³-hybridized carbons (Fsp3) is 0.458. The van der Waals surface area contributed by atoms with Gasteiger partial charge in [-0.1, -0.05) is 12.1 Å². The molecule has 0 aliphatic rings. The summed E-state index contributed by atoms with van der Waals surface area (Å²) in [6.07, 6.45) is 7.77. The number of pyridine rings is 1. The van der Waals surface area contributed by atoms with Crippen LogP contribution < -0.4 is 9.47 Å². The van der Waals surface area contributed by atoms with E-state index in [1.807, 2.05) is 0 Å². The fourth-order valence-corrected chi connectivity index (χ4v) is 4.00. The zero-order valence-corrected chi connectivity index (χ0v) is 18.9. The van der Waals surface area contributed by atoms with Gasteiger partial charge in [0, 0.05) is 42.7 Å². The quantitative estimate of drug-likeness (QED) is 0.334. The molecule has 1 heterocycles. The van der Waals surface area contributed by atoms with Gasteiger partial charge in [-0.3, -0.25) is 0 Å². The lowest BCUT2D eigenvalue weighted by atomic mass is 10.1. The van der Waals surface area contributed by atoms with Crippen LogP contribution in [0.5, 0.6) is 0 Å². The number of benzene rings is 1. The molecule has 0 aliphatic heterocycles. The summed E-state index contributed by atoms with van der Waals surface area (Å²) in [6.45, 7) is 9.79. The standard InChI is InChI=1S/C24H36N3S/c1-5-25(6-2)24-15-12-22(13-16-24)11-14-23-10-7-8-17-26(23)18-9-19-27(3,4)20-21-28/h7-8,10-17H,5-6,9,18-21H2,1-4H3/q+1/p+1. The van der Waals surface area contributed by atoms with Crippen molar-refractivity contribution in [3.05, 3.63) is 59.9 Å². The smallest absolute Gasteiger partial charge is 0.205 e. The largest absolute Gasteiger partial charge is 0.372 e. The van der Waals surface area contributed by atoms with E-state index in [2.05, 4.69) is 111 Å². The first kappa shape index (κ1) is 22.5. The molecule has 0 unspecified atom stereocenters. The first-order valence-corrected chi connectivity index (χ1v) is 11.1. The molecule has 2 aromatic rings. The topological polar surface area (TPSA) is 7.12 Å². The summed E-state index contributed by atoms with van der Waals surface area (Å²) < 4.78 is 3.38. The Kier molecular flexibility index (Phi) is 9.07. The van der Waals surface area contributed by atoms with E-state index in [1.54, 1.807) is 0 Å². The highest BCUT2D eigenvalue weighted by Crippen LogP contribution is 2.16. The molecule has 0 radical (unpaired) electrons. The fourth-order valence-electron chi connectivity index (χ4n) is 3.46. The molecule has 28 heavy (non-hydrogen) atoms. The van der Waals surface area contributed by atoms with Gasteiger partial charge in [0.25, 0.3) is 0 Å². The second kappa shape index (κ2) is 11.3. The highest BCUT2D eigenvalue weighted by atomic mass is 32.1. The third kappa shape index (κ3) is 6.99. The Hall–Kier alpha value is -1.78. The number of aromatic nitrogens is 1. The van der Waals surface area contributed by atoms with E-state index in [9.17, 15) is 0 Å². The van der Waals surface area contributed by atoms with Crippen LogP contribution in [0.2, 0.25) is 0 Å². The Morgan fingerprint density at radius 3 is 2.32 bits per heavy atom. The molecular weight excluding hydrogens is 362 g/mol. The number of hydrogen-bond acceptors (Lipinski definition) is 2. The lowest BCUT2D eigenvalue weighted by Crippen LogP contribution is -2.44. The van der Waals surface area contributed by atoms with Crippen molar-refractivity contribution >= 4 is 30.5 Å². The van der Waals surface area contributed by atoms with Gasteiger partial charge >= 0.3 is 0 Å². The second-order valence-electron chi connectivity index (χ2n) is 7.88. The number of anilines is 1. The summed E-state index contributed by atoms with van der Waals surface area (Å²) in [5, 5.41) is 0. The molecular formula is C24H37N3S+2. The molecule has 0 saturated heterocycles. The van der Waals surface area contributed by atoms with Gasteiger partial charge in [0.15, 0.2) is 12.7 Å². The lowest BCUT2D eigenvalue weighted by molar-refractivity contribution is -0.890. The van der Waals surface area contributed by atoms with Crippen LogP contribution >= 0.6 is 12.6 Å². The van der Waals surface area contributed by atoms with Gasteiger partial charge < -0.3 is 9.38 Å². The summed E-state index contributed by atoms with van der Waals surface area (Å²) >= 11 is 4.38. The lowest BCUT2D eigenvalue weighted by Gasteiger charge is -2.28. The molecule has 0 aliphatic carbocycles. The van der Waals surface area contributed by atoms with E-state index in [0.29, 0.717) is 0 Å². The molecule has 2 rings (SSSR count). The van der Waals surface area contributed by atoms with Crippen molar-refractivity contribution in [1.29, 1.82) is 0 Å². The first-order valence-electron chi connectivity index (χ1n) is 10.4. The maximum Gasteiger partial charge on any atom is 0.205 e. The van der Waals surface area contributed by atoms with Crippen LogP contribution in [0.15, 0.2) is 48.7 Å². The summed E-state index contributed by atoms with van der Waals surface area (Å²) in [4.78, 5) is 2.37. The molecule has 0 atom stereocenters. The van der Waals surface area contributed by atoms with Gasteiger partial charge in [0.05, 0.1) is 33.6 Å². The van der Waals surface area contributed by atoms with Crippen molar-refractivity contribution in [2.75, 3.05) is 50.9 Å². The van der Waals surface area contributed by atoms with Crippen LogP contribution in [0.4, 0.5) is 5.69 Å². The number of nitrogens with zero attached hydrogens (tertiary/aromatic N) is 3. The van der Waals surface area contributed by atoms with Gasteiger partial charge in [0.1, 0.15) is 0 Å². The molecule has 1 aromatic heterocycles. The highest BCUT2D eigenvalue weighted by Gasteiger charge is 2.15. The van der Waals surface area contributed by atoms with Crippen LogP contribution in [0.3, 0.4) is 0 Å². The van der Waals surface area contributed by atoms with Crippen molar-refractivity contribution in [2.45, 2.75) is 26.8 Å². The van der Waals surface area contributed by atoms with Crippen LogP contribution in [-0.2, 0) is 6.54 Å². The van der Waals surface area contributed by atoms with E-state index in [0.717, 1.165) is 42.8 Å². The number of aryl methyl sites for hydroxylation is 1. The molecule has 0 bridgehead atoms. The summed E-state index contributed by atoms with van der Waals surface area (Å²) in [6, 6.07) is 15.3. The number of thiol groups is 1. The number of rotatable bonds is 11. The molecule has 0 saturated carbocycles. The summed E-state index contributed by atoms with van der Waals surface area (Å²) in [7, 11) is 4.57. The Balaban J connectivity index is 2.02. The molecule has 0 fully saturated rings. The van der Waals surface area contributed by atoms with E-state index in [4.69, 9.17) is 0 Å². The summed E-state index contributed by atoms with van der Waals surface area (Å²) in [5.74, 6) is 0.937. The predicted molar refractivity (Wildman–Crippen MR) is 126 cm³/mol. The molecule has 0 N–H and O–H groups in total. The van der Waals surface area contributed by atoms with Gasteiger partial charge in [0.2, 0.25) is 5.69 Å². The van der Waals surface area contributed by atoms with Crippen LogP contribution in [0.1, 0.15) is 31.5 Å². The van der Waals surface area contributed by atoms with Crippen LogP contribution in [0, 0.1) is 0 Å². The molecule has 0 amide bonds. The predicted octanol–water partition coefficient (Wildman–Crippen LogP) is 4.39. The van der Waals surface area contributed by atoms with E-state index >= 15 is 0 Å². The van der Waals surface area contributed by atoms with E-state index < -0.39 is 0 Å². The van der Waals surface area contributed by atoms with Gasteiger partial charge in [-0.05, 0) is 43.7 Å². The maximum absolute atomic E-state index is 4.38. The SMILES string of the molecule is CCN(CC)c1ccc(/C=C/c2cccc[n+]2CCC[N+](C)(C)CCS)cc1. The molecule has 152 valence electrons. The maximum atomic E-state index is 4.38. The zero-order valence-electron chi connectivity index (χ0n) is 18.0. The highest BCUT2D eigenvalue weighted by molar-refractivity contribution is 7.80. The van der Waals surface area contributed by atoms with Crippen molar-refractivity contribution in [3.63, 3.8) is 0 Å². The third-order valence-corrected chi connectivity index (χ3v) is 5.51. The van der Waals surface area contributed by atoms with E-state index in [1.165, 1.54) is 23.5 Å². The molecule has 3 nitrogen and oxygen atoms in total. The number of quaternary nitrogens is 1. The van der Waals surface area contributed by atoms with Gasteiger partial charge in [-0.2, -0.15) is 17.2 Å².